The van der Waals surface area contributed by atoms with Crippen molar-refractivity contribution in [1.29, 1.82) is 0 Å². The predicted octanol–water partition coefficient (Wildman–Crippen LogP) is 0.610. The van der Waals surface area contributed by atoms with Crippen molar-refractivity contribution in [3.05, 3.63) is 18.0 Å². The molecule has 1 aromatic rings. The summed E-state index contributed by atoms with van der Waals surface area (Å²) in [6, 6.07) is 1.17. The lowest BCUT2D eigenvalue weighted by Crippen LogP contribution is -2.37. The first-order valence-corrected chi connectivity index (χ1v) is 5.05. The van der Waals surface area contributed by atoms with Crippen molar-refractivity contribution in [2.45, 2.75) is 19.4 Å². The summed E-state index contributed by atoms with van der Waals surface area (Å²) in [5.41, 5.74) is 0. The van der Waals surface area contributed by atoms with Gasteiger partial charge in [-0.05, 0) is 13.3 Å². The fraction of sp³-hybridized carbons (Fsp3) is 0.500. The first kappa shape index (κ1) is 10.7. The van der Waals surface area contributed by atoms with Gasteiger partial charge in [-0.25, -0.2) is 0 Å². The molecule has 2 unspecified atom stereocenters. The van der Waals surface area contributed by atoms with Crippen LogP contribution in [0.2, 0.25) is 0 Å². The van der Waals surface area contributed by atoms with Gasteiger partial charge in [0.1, 0.15) is 0 Å². The Morgan fingerprint density at radius 3 is 2.88 bits per heavy atom. The molecule has 1 saturated heterocycles. The van der Waals surface area contributed by atoms with Gasteiger partial charge in [-0.3, -0.25) is 9.59 Å². The van der Waals surface area contributed by atoms with Crippen LogP contribution in [-0.4, -0.2) is 39.6 Å². The van der Waals surface area contributed by atoms with Crippen molar-refractivity contribution >= 4 is 11.9 Å². The number of carbonyl (C=O) groups is 2. The Hall–Kier alpha value is -1.85. The zero-order chi connectivity index (χ0) is 11.7. The van der Waals surface area contributed by atoms with Crippen LogP contribution in [0.3, 0.4) is 0 Å². The Bertz CT molecular complexity index is 401. The number of nitrogens with zero attached hydrogens (tertiary/aromatic N) is 2. The van der Waals surface area contributed by atoms with E-state index in [1.165, 1.54) is 17.2 Å². The maximum Gasteiger partial charge on any atom is 0.308 e. The molecular weight excluding hydrogens is 212 g/mol. The molecule has 1 N–H and O–H groups in total. The van der Waals surface area contributed by atoms with Gasteiger partial charge >= 0.3 is 5.97 Å². The van der Waals surface area contributed by atoms with Gasteiger partial charge in [-0.2, -0.15) is 0 Å². The van der Waals surface area contributed by atoms with Crippen LogP contribution in [0.5, 0.6) is 0 Å². The molecule has 0 spiro atoms. The van der Waals surface area contributed by atoms with Crippen molar-refractivity contribution < 1.29 is 19.2 Å². The number of carboxylic acid groups (broad SMARTS) is 1. The van der Waals surface area contributed by atoms with E-state index < -0.39 is 11.9 Å². The largest absolute Gasteiger partial charge is 0.481 e. The van der Waals surface area contributed by atoms with Crippen LogP contribution in [0.4, 0.5) is 0 Å². The van der Waals surface area contributed by atoms with Gasteiger partial charge in [-0.15, -0.1) is 0 Å². The highest BCUT2D eigenvalue weighted by Crippen LogP contribution is 2.25. The summed E-state index contributed by atoms with van der Waals surface area (Å²) in [6.45, 7) is 2.18. The molecule has 6 nitrogen and oxygen atoms in total. The van der Waals surface area contributed by atoms with Gasteiger partial charge in [0.2, 0.25) is 5.76 Å². The Morgan fingerprint density at radius 2 is 2.38 bits per heavy atom. The Balaban J connectivity index is 2.13. The number of hydrogen-bond donors (Lipinski definition) is 1. The van der Waals surface area contributed by atoms with Crippen LogP contribution < -0.4 is 0 Å². The summed E-state index contributed by atoms with van der Waals surface area (Å²) in [5.74, 6) is -1.50. The van der Waals surface area contributed by atoms with Crippen LogP contribution in [-0.2, 0) is 4.79 Å². The van der Waals surface area contributed by atoms with Crippen molar-refractivity contribution in [3.63, 3.8) is 0 Å². The van der Waals surface area contributed by atoms with Crippen LogP contribution >= 0.6 is 0 Å². The van der Waals surface area contributed by atoms with E-state index in [4.69, 9.17) is 9.63 Å². The van der Waals surface area contributed by atoms with Gasteiger partial charge in [0.05, 0.1) is 12.1 Å². The van der Waals surface area contributed by atoms with E-state index in [1.54, 1.807) is 6.92 Å². The fourth-order valence-electron chi connectivity index (χ4n) is 2.02. The number of carbonyl (C=O) groups excluding carboxylic acids is 1. The fourth-order valence-corrected chi connectivity index (χ4v) is 2.02. The van der Waals surface area contributed by atoms with Crippen molar-refractivity contribution in [2.24, 2.45) is 5.92 Å². The third-order valence-corrected chi connectivity index (χ3v) is 2.98. The molecule has 0 aliphatic carbocycles. The minimum Gasteiger partial charge on any atom is -0.481 e. The summed E-state index contributed by atoms with van der Waals surface area (Å²) in [4.78, 5) is 24.3. The van der Waals surface area contributed by atoms with Gasteiger partial charge in [0, 0.05) is 18.7 Å². The van der Waals surface area contributed by atoms with Crippen LogP contribution in [0.1, 0.15) is 23.9 Å². The zero-order valence-electron chi connectivity index (χ0n) is 8.79. The Morgan fingerprint density at radius 1 is 1.62 bits per heavy atom. The first-order chi connectivity index (χ1) is 7.61. The van der Waals surface area contributed by atoms with Crippen molar-refractivity contribution in [3.8, 4) is 0 Å². The number of likely N-dealkylation sites (tertiary alicyclic amines) is 1. The minimum absolute atomic E-state index is 0.151. The van der Waals surface area contributed by atoms with Crippen LogP contribution in [0.25, 0.3) is 0 Å². The summed E-state index contributed by atoms with van der Waals surface area (Å²) in [7, 11) is 0. The number of aliphatic carboxylic acids is 1. The highest BCUT2D eigenvalue weighted by atomic mass is 16.5. The molecule has 16 heavy (non-hydrogen) atoms. The molecule has 0 radical (unpaired) electrons. The Labute approximate surface area is 91.8 Å². The lowest BCUT2D eigenvalue weighted by molar-refractivity contribution is -0.142. The van der Waals surface area contributed by atoms with E-state index in [0.29, 0.717) is 13.0 Å². The molecular formula is C10H12N2O4. The van der Waals surface area contributed by atoms with Crippen LogP contribution in [0, 0.1) is 5.92 Å². The number of hydrogen-bond acceptors (Lipinski definition) is 4. The molecule has 6 heteroatoms. The summed E-state index contributed by atoms with van der Waals surface area (Å²) in [6.07, 6.45) is 1.87. The summed E-state index contributed by atoms with van der Waals surface area (Å²) in [5, 5.41) is 12.4. The minimum atomic E-state index is -0.861. The lowest BCUT2D eigenvalue weighted by atomic mass is 10.0. The van der Waals surface area contributed by atoms with E-state index in [0.717, 1.165) is 0 Å². The highest BCUT2D eigenvalue weighted by Gasteiger charge is 2.39. The average Bonchev–Trinajstić information content (AvgIpc) is 2.84. The Kier molecular flexibility index (Phi) is 2.64. The normalized spacial score (nSPS) is 24.7. The maximum absolute atomic E-state index is 11.9. The maximum atomic E-state index is 11.9. The molecule has 2 rings (SSSR count). The standard InChI is InChI=1S/C10H12N2O4/c1-6-7(10(14)15)3-5-12(6)9(13)8-2-4-11-16-8/h2,4,6-7H,3,5H2,1H3,(H,14,15). The van der Waals surface area contributed by atoms with Gasteiger partial charge in [0.25, 0.3) is 5.91 Å². The summed E-state index contributed by atoms with van der Waals surface area (Å²) < 4.78 is 4.76. The topological polar surface area (TPSA) is 83.6 Å². The molecule has 1 amide bonds. The van der Waals surface area contributed by atoms with Gasteiger partial charge in [-0.1, -0.05) is 5.16 Å². The zero-order valence-corrected chi connectivity index (χ0v) is 8.79. The van der Waals surface area contributed by atoms with Crippen molar-refractivity contribution in [2.75, 3.05) is 6.54 Å². The molecule has 0 saturated carbocycles. The number of rotatable bonds is 2. The second-order valence-electron chi connectivity index (χ2n) is 3.85. The second kappa shape index (κ2) is 3.96. The molecule has 1 aliphatic rings. The molecule has 2 atom stereocenters. The van der Waals surface area contributed by atoms with Crippen LogP contribution in [0.15, 0.2) is 16.8 Å². The quantitative estimate of drug-likeness (QED) is 0.795. The van der Waals surface area contributed by atoms with E-state index in [1.807, 2.05) is 0 Å². The SMILES string of the molecule is CC1C(C(=O)O)CCN1C(=O)c1ccno1. The third-order valence-electron chi connectivity index (χ3n) is 2.98. The molecule has 2 heterocycles. The molecule has 1 aromatic heterocycles. The van der Waals surface area contributed by atoms with E-state index in [-0.39, 0.29) is 17.7 Å². The highest BCUT2D eigenvalue weighted by molar-refractivity contribution is 5.92. The molecule has 86 valence electrons. The monoisotopic (exact) mass is 224 g/mol. The summed E-state index contributed by atoms with van der Waals surface area (Å²) >= 11 is 0. The lowest BCUT2D eigenvalue weighted by Gasteiger charge is -2.21. The number of carboxylic acids is 1. The third kappa shape index (κ3) is 1.66. The second-order valence-corrected chi connectivity index (χ2v) is 3.85. The van der Waals surface area contributed by atoms with Gasteiger partial charge in [0.15, 0.2) is 0 Å². The van der Waals surface area contributed by atoms with E-state index >= 15 is 0 Å². The average molecular weight is 224 g/mol. The molecule has 1 fully saturated rings. The first-order valence-electron chi connectivity index (χ1n) is 5.05. The van der Waals surface area contributed by atoms with E-state index in [9.17, 15) is 9.59 Å². The molecule has 0 aromatic carbocycles. The predicted molar refractivity (Wildman–Crippen MR) is 52.7 cm³/mol. The smallest absolute Gasteiger partial charge is 0.308 e. The number of amides is 1. The van der Waals surface area contributed by atoms with Gasteiger partial charge < -0.3 is 14.5 Å². The molecule has 0 bridgehead atoms. The van der Waals surface area contributed by atoms with E-state index in [2.05, 4.69) is 5.16 Å². The van der Waals surface area contributed by atoms with Crippen molar-refractivity contribution in [1.82, 2.24) is 10.1 Å². The number of aromatic nitrogens is 1. The molecule has 1 aliphatic heterocycles.